The van der Waals surface area contributed by atoms with Gasteiger partial charge in [-0.15, -0.1) is 0 Å². The van der Waals surface area contributed by atoms with Crippen molar-refractivity contribution in [3.8, 4) is 11.4 Å². The molecule has 9 nitrogen and oxygen atoms in total. The molecule has 1 amide bonds. The zero-order valence-electron chi connectivity index (χ0n) is 20.6. The van der Waals surface area contributed by atoms with Gasteiger partial charge in [-0.25, -0.2) is 4.79 Å². The molecule has 0 saturated carbocycles. The highest BCUT2D eigenvalue weighted by Crippen LogP contribution is 2.38. The number of aromatic nitrogens is 2. The van der Waals surface area contributed by atoms with Gasteiger partial charge in [0.05, 0.1) is 18.7 Å². The van der Waals surface area contributed by atoms with Crippen LogP contribution >= 0.6 is 0 Å². The summed E-state index contributed by atoms with van der Waals surface area (Å²) in [5.74, 6) is -2.78. The summed E-state index contributed by atoms with van der Waals surface area (Å²) in [6.07, 6.45) is 1.37. The first-order valence-electron chi connectivity index (χ1n) is 11.8. The normalized spacial score (nSPS) is 17.6. The molecule has 3 aromatic rings. The van der Waals surface area contributed by atoms with Crippen molar-refractivity contribution in [3.63, 3.8) is 0 Å². The molecule has 2 atom stereocenters. The largest absolute Gasteiger partial charge is 0.465 e. The van der Waals surface area contributed by atoms with Crippen LogP contribution in [-0.4, -0.2) is 46.7 Å². The molecular weight excluding hydrogens is 462 g/mol. The first-order valence-corrected chi connectivity index (χ1v) is 11.8. The van der Waals surface area contributed by atoms with Gasteiger partial charge >= 0.3 is 5.97 Å². The van der Waals surface area contributed by atoms with Crippen molar-refractivity contribution < 1.29 is 28.4 Å². The Labute approximate surface area is 208 Å². The van der Waals surface area contributed by atoms with Crippen LogP contribution in [0, 0.1) is 18.8 Å². The van der Waals surface area contributed by atoms with Crippen LogP contribution in [0.15, 0.2) is 53.1 Å². The molecule has 9 heteroatoms. The van der Waals surface area contributed by atoms with Crippen LogP contribution in [-0.2, 0) is 14.3 Å². The molecule has 2 heterocycles. The van der Waals surface area contributed by atoms with E-state index in [-0.39, 0.29) is 17.0 Å². The molecule has 4 rings (SSSR count). The maximum atomic E-state index is 13.6. The number of carbonyl (C=O) groups is 4. The Kier molecular flexibility index (Phi) is 7.10. The molecule has 1 saturated heterocycles. The van der Waals surface area contributed by atoms with Gasteiger partial charge in [0.15, 0.2) is 5.78 Å². The fraction of sp³-hybridized carbons (Fsp3) is 0.333. The van der Waals surface area contributed by atoms with Crippen molar-refractivity contribution in [1.29, 1.82) is 0 Å². The van der Waals surface area contributed by atoms with Crippen molar-refractivity contribution in [2.75, 3.05) is 12.0 Å². The third kappa shape index (κ3) is 4.44. The highest BCUT2D eigenvalue weighted by atomic mass is 16.5. The van der Waals surface area contributed by atoms with Gasteiger partial charge < -0.3 is 14.2 Å². The van der Waals surface area contributed by atoms with Crippen LogP contribution in [0.3, 0.4) is 0 Å². The predicted octanol–water partition coefficient (Wildman–Crippen LogP) is 4.05. The summed E-state index contributed by atoms with van der Waals surface area (Å²) in [6, 6.07) is 12.2. The standard InChI is InChI=1S/C27H27N3O6/c1-5-16(6-2)22-21(23(31)17-7-9-19(10-8-17)27(34)35-4)24(32)26(33)30(22)20-13-11-18(12-14-20)25-28-15(3)36-29-25/h7-14,16,21-22H,5-6H2,1-4H3. The number of benzene rings is 2. The SMILES string of the molecule is CCC(CC)C1C(C(=O)c2ccc(C(=O)OC)cc2)C(=O)C(=O)N1c1ccc(-c2noc(C)n2)cc1. The monoisotopic (exact) mass is 489 g/mol. The van der Waals surface area contributed by atoms with Gasteiger partial charge in [-0.1, -0.05) is 44.0 Å². The van der Waals surface area contributed by atoms with Gasteiger partial charge in [-0.05, 0) is 42.3 Å². The van der Waals surface area contributed by atoms with Gasteiger partial charge in [0, 0.05) is 23.7 Å². The molecular formula is C27H27N3O6. The number of nitrogens with zero attached hydrogens (tertiary/aromatic N) is 3. The number of anilines is 1. The van der Waals surface area contributed by atoms with Crippen LogP contribution in [0.1, 0.15) is 53.3 Å². The number of esters is 1. The number of aryl methyl sites for hydroxylation is 1. The number of methoxy groups -OCH3 is 1. The minimum Gasteiger partial charge on any atom is -0.465 e. The summed E-state index contributed by atoms with van der Waals surface area (Å²) in [7, 11) is 1.27. The number of ether oxygens (including phenoxy) is 1. The second-order valence-corrected chi connectivity index (χ2v) is 8.70. The van der Waals surface area contributed by atoms with E-state index in [4.69, 9.17) is 9.26 Å². The maximum Gasteiger partial charge on any atom is 0.337 e. The lowest BCUT2D eigenvalue weighted by Gasteiger charge is -2.32. The molecule has 1 aliphatic rings. The first-order chi connectivity index (χ1) is 17.3. The molecule has 36 heavy (non-hydrogen) atoms. The number of ketones is 2. The lowest BCUT2D eigenvalue weighted by molar-refractivity contribution is -0.135. The fourth-order valence-electron chi connectivity index (χ4n) is 4.77. The summed E-state index contributed by atoms with van der Waals surface area (Å²) in [5, 5.41) is 3.91. The van der Waals surface area contributed by atoms with E-state index in [0.29, 0.717) is 35.8 Å². The Morgan fingerprint density at radius 3 is 2.14 bits per heavy atom. The summed E-state index contributed by atoms with van der Waals surface area (Å²) in [6.45, 7) is 5.65. The van der Waals surface area contributed by atoms with E-state index in [1.807, 2.05) is 13.8 Å². The molecule has 0 N–H and O–H groups in total. The van der Waals surface area contributed by atoms with E-state index in [0.717, 1.165) is 0 Å². The Hall–Kier alpha value is -4.14. The second kappa shape index (κ2) is 10.2. The molecule has 2 unspecified atom stereocenters. The van der Waals surface area contributed by atoms with Gasteiger partial charge in [0.25, 0.3) is 5.91 Å². The molecule has 1 fully saturated rings. The minimum atomic E-state index is -1.15. The summed E-state index contributed by atoms with van der Waals surface area (Å²) < 4.78 is 9.74. The van der Waals surface area contributed by atoms with Crippen molar-refractivity contribution in [1.82, 2.24) is 10.1 Å². The van der Waals surface area contributed by atoms with Gasteiger partial charge in [0.2, 0.25) is 17.5 Å². The molecule has 2 aromatic carbocycles. The summed E-state index contributed by atoms with van der Waals surface area (Å²) in [5.41, 5.74) is 1.77. The average Bonchev–Trinajstić information content (AvgIpc) is 3.45. The molecule has 1 aliphatic heterocycles. The molecule has 0 radical (unpaired) electrons. The minimum absolute atomic E-state index is 0.0803. The molecule has 186 valence electrons. The molecule has 0 aliphatic carbocycles. The van der Waals surface area contributed by atoms with Crippen molar-refractivity contribution in [2.24, 2.45) is 11.8 Å². The van der Waals surface area contributed by atoms with Crippen LogP contribution in [0.5, 0.6) is 0 Å². The van der Waals surface area contributed by atoms with E-state index in [1.165, 1.54) is 36.3 Å². The third-order valence-corrected chi connectivity index (χ3v) is 6.69. The van der Waals surface area contributed by atoms with Crippen LogP contribution in [0.25, 0.3) is 11.4 Å². The number of carbonyl (C=O) groups excluding carboxylic acids is 4. The zero-order valence-corrected chi connectivity index (χ0v) is 20.6. The second-order valence-electron chi connectivity index (χ2n) is 8.70. The van der Waals surface area contributed by atoms with E-state index < -0.39 is 35.4 Å². The van der Waals surface area contributed by atoms with E-state index in [1.54, 1.807) is 31.2 Å². The van der Waals surface area contributed by atoms with Crippen LogP contribution in [0.4, 0.5) is 5.69 Å². The number of rotatable bonds is 8. The number of Topliss-reactive ketones (excluding diaryl/α,β-unsaturated/α-hetero) is 2. The lowest BCUT2D eigenvalue weighted by Crippen LogP contribution is -2.43. The number of hydrogen-bond donors (Lipinski definition) is 0. The van der Waals surface area contributed by atoms with E-state index in [2.05, 4.69) is 10.1 Å². The Balaban J connectivity index is 1.70. The summed E-state index contributed by atoms with van der Waals surface area (Å²) >= 11 is 0. The number of amides is 1. The van der Waals surface area contributed by atoms with Crippen molar-refractivity contribution in [2.45, 2.75) is 39.7 Å². The third-order valence-electron chi connectivity index (χ3n) is 6.69. The smallest absolute Gasteiger partial charge is 0.337 e. The fourth-order valence-corrected chi connectivity index (χ4v) is 4.77. The van der Waals surface area contributed by atoms with Gasteiger partial charge in [-0.3, -0.25) is 14.4 Å². The predicted molar refractivity (Wildman–Crippen MR) is 130 cm³/mol. The molecule has 1 aromatic heterocycles. The maximum absolute atomic E-state index is 13.6. The highest BCUT2D eigenvalue weighted by molar-refractivity contribution is 6.49. The quantitative estimate of drug-likeness (QED) is 0.201. The van der Waals surface area contributed by atoms with E-state index >= 15 is 0 Å². The topological polar surface area (TPSA) is 120 Å². The zero-order chi connectivity index (χ0) is 26.0. The highest BCUT2D eigenvalue weighted by Gasteiger charge is 2.53. The van der Waals surface area contributed by atoms with Gasteiger partial charge in [-0.2, -0.15) is 4.98 Å². The Morgan fingerprint density at radius 2 is 1.61 bits per heavy atom. The number of hydrogen-bond acceptors (Lipinski definition) is 8. The van der Waals surface area contributed by atoms with Crippen LogP contribution in [0.2, 0.25) is 0 Å². The van der Waals surface area contributed by atoms with E-state index in [9.17, 15) is 19.2 Å². The van der Waals surface area contributed by atoms with Crippen molar-refractivity contribution >= 4 is 29.1 Å². The van der Waals surface area contributed by atoms with Gasteiger partial charge in [0.1, 0.15) is 5.92 Å². The first kappa shape index (κ1) is 25.0. The Bertz CT molecular complexity index is 1290. The Morgan fingerprint density at radius 1 is 1.00 bits per heavy atom. The molecule has 0 bridgehead atoms. The lowest BCUT2D eigenvalue weighted by atomic mass is 9.80. The molecule has 0 spiro atoms. The van der Waals surface area contributed by atoms with Crippen LogP contribution < -0.4 is 4.90 Å². The average molecular weight is 490 g/mol. The summed E-state index contributed by atoms with van der Waals surface area (Å²) in [4.78, 5) is 57.5. The van der Waals surface area contributed by atoms with Crippen molar-refractivity contribution in [3.05, 3.63) is 65.5 Å².